The molecular weight excluding hydrogens is 236 g/mol. The molecule has 3 rings (SSSR count). The monoisotopic (exact) mass is 254 g/mol. The molecule has 2 aliphatic carbocycles. The Hall–Kier alpha value is -1.82. The van der Waals surface area contributed by atoms with E-state index in [2.05, 4.69) is 23.5 Å². The number of rotatable bonds is 3. The van der Waals surface area contributed by atoms with Crippen LogP contribution in [0.2, 0.25) is 0 Å². The van der Waals surface area contributed by atoms with Crippen LogP contribution in [0.5, 0.6) is 0 Å². The molecule has 1 amide bonds. The second-order valence-corrected chi connectivity index (χ2v) is 5.75. The number of carbonyl (C=O) groups is 1. The van der Waals surface area contributed by atoms with E-state index in [0.29, 0.717) is 5.92 Å². The van der Waals surface area contributed by atoms with E-state index in [1.165, 1.54) is 5.56 Å². The smallest absolute Gasteiger partial charge is 0.224 e. The van der Waals surface area contributed by atoms with E-state index in [1.54, 1.807) is 0 Å². The van der Waals surface area contributed by atoms with Gasteiger partial charge in [0.1, 0.15) is 5.54 Å². The van der Waals surface area contributed by atoms with Gasteiger partial charge in [-0.05, 0) is 43.6 Å². The summed E-state index contributed by atoms with van der Waals surface area (Å²) in [5.41, 5.74) is 0.654. The van der Waals surface area contributed by atoms with Crippen LogP contribution in [0.1, 0.15) is 43.6 Å². The summed E-state index contributed by atoms with van der Waals surface area (Å²) < 4.78 is 0. The Morgan fingerprint density at radius 3 is 2.58 bits per heavy atom. The fraction of sp³-hybridized carbons (Fsp3) is 0.500. The maximum atomic E-state index is 12.2. The summed E-state index contributed by atoms with van der Waals surface area (Å²) in [6.07, 6.45) is 4.61. The molecule has 2 aliphatic rings. The van der Waals surface area contributed by atoms with Crippen LogP contribution in [-0.4, -0.2) is 11.4 Å². The van der Waals surface area contributed by atoms with Crippen LogP contribution in [0.3, 0.4) is 0 Å². The van der Waals surface area contributed by atoms with Gasteiger partial charge in [0.25, 0.3) is 0 Å². The molecule has 19 heavy (non-hydrogen) atoms. The Balaban J connectivity index is 1.63. The first kappa shape index (κ1) is 12.2. The lowest BCUT2D eigenvalue weighted by Gasteiger charge is -2.22. The van der Waals surface area contributed by atoms with Crippen molar-refractivity contribution in [1.82, 2.24) is 5.32 Å². The van der Waals surface area contributed by atoms with Crippen molar-refractivity contribution in [2.24, 2.45) is 5.92 Å². The summed E-state index contributed by atoms with van der Waals surface area (Å²) in [7, 11) is 0. The van der Waals surface area contributed by atoms with Gasteiger partial charge < -0.3 is 5.32 Å². The van der Waals surface area contributed by atoms with Crippen molar-refractivity contribution >= 4 is 5.91 Å². The summed E-state index contributed by atoms with van der Waals surface area (Å²) >= 11 is 0. The zero-order chi connectivity index (χ0) is 13.3. The van der Waals surface area contributed by atoms with E-state index >= 15 is 0 Å². The zero-order valence-electron chi connectivity index (χ0n) is 10.9. The summed E-state index contributed by atoms with van der Waals surface area (Å²) in [6.45, 7) is 0. The number of nitriles is 1. The molecule has 1 aromatic rings. The van der Waals surface area contributed by atoms with E-state index in [-0.39, 0.29) is 11.8 Å². The molecule has 0 bridgehead atoms. The van der Waals surface area contributed by atoms with Gasteiger partial charge in [0.15, 0.2) is 0 Å². The SMILES string of the molecule is N#CC1(NC(=O)C2CC2c2ccccc2)CCCC1. The molecule has 98 valence electrons. The molecule has 0 aromatic heterocycles. The molecule has 2 unspecified atom stereocenters. The fourth-order valence-corrected chi connectivity index (χ4v) is 3.13. The lowest BCUT2D eigenvalue weighted by Crippen LogP contribution is -2.45. The standard InChI is InChI=1S/C16H18N2O/c17-11-16(8-4-5-9-16)18-15(19)14-10-13(14)12-6-2-1-3-7-12/h1-3,6-7,13-14H,4-5,8-10H2,(H,18,19). The van der Waals surface area contributed by atoms with Gasteiger partial charge in [0.2, 0.25) is 5.91 Å². The van der Waals surface area contributed by atoms with E-state index < -0.39 is 5.54 Å². The molecule has 2 fully saturated rings. The van der Waals surface area contributed by atoms with Crippen LogP contribution in [0.4, 0.5) is 0 Å². The molecule has 0 saturated heterocycles. The molecule has 3 nitrogen and oxygen atoms in total. The Morgan fingerprint density at radius 1 is 1.26 bits per heavy atom. The molecule has 0 heterocycles. The number of nitrogens with zero attached hydrogens (tertiary/aromatic N) is 1. The molecule has 2 atom stereocenters. The van der Waals surface area contributed by atoms with Crippen LogP contribution in [0, 0.1) is 17.2 Å². The van der Waals surface area contributed by atoms with Crippen LogP contribution in [-0.2, 0) is 4.79 Å². The van der Waals surface area contributed by atoms with Gasteiger partial charge in [0.05, 0.1) is 6.07 Å². The minimum absolute atomic E-state index is 0.0632. The van der Waals surface area contributed by atoms with Crippen molar-refractivity contribution in [1.29, 1.82) is 5.26 Å². The van der Waals surface area contributed by atoms with Gasteiger partial charge in [-0.1, -0.05) is 30.3 Å². The van der Waals surface area contributed by atoms with Gasteiger partial charge in [-0.25, -0.2) is 0 Å². The van der Waals surface area contributed by atoms with Crippen molar-refractivity contribution in [3.8, 4) is 6.07 Å². The van der Waals surface area contributed by atoms with Crippen LogP contribution < -0.4 is 5.32 Å². The zero-order valence-corrected chi connectivity index (χ0v) is 10.9. The van der Waals surface area contributed by atoms with Crippen molar-refractivity contribution in [2.75, 3.05) is 0 Å². The highest BCUT2D eigenvalue weighted by molar-refractivity contribution is 5.84. The minimum atomic E-state index is -0.582. The first-order valence-electron chi connectivity index (χ1n) is 7.02. The van der Waals surface area contributed by atoms with E-state index in [9.17, 15) is 10.1 Å². The largest absolute Gasteiger partial charge is 0.338 e. The van der Waals surface area contributed by atoms with E-state index in [0.717, 1.165) is 32.1 Å². The van der Waals surface area contributed by atoms with Gasteiger partial charge in [-0.15, -0.1) is 0 Å². The molecular formula is C16H18N2O. The highest BCUT2D eigenvalue weighted by Crippen LogP contribution is 2.48. The maximum Gasteiger partial charge on any atom is 0.224 e. The first-order chi connectivity index (χ1) is 9.24. The van der Waals surface area contributed by atoms with Gasteiger partial charge in [-0.2, -0.15) is 5.26 Å². The summed E-state index contributed by atoms with van der Waals surface area (Å²) in [4.78, 5) is 12.2. The topological polar surface area (TPSA) is 52.9 Å². The van der Waals surface area contributed by atoms with Crippen molar-refractivity contribution < 1.29 is 4.79 Å². The Bertz CT molecular complexity index is 511. The van der Waals surface area contributed by atoms with Gasteiger partial charge in [0, 0.05) is 5.92 Å². The van der Waals surface area contributed by atoms with Crippen molar-refractivity contribution in [3.63, 3.8) is 0 Å². The second-order valence-electron chi connectivity index (χ2n) is 5.75. The third-order valence-electron chi connectivity index (χ3n) is 4.39. The second kappa shape index (κ2) is 4.70. The average molecular weight is 254 g/mol. The first-order valence-corrected chi connectivity index (χ1v) is 7.02. The third-order valence-corrected chi connectivity index (χ3v) is 4.39. The summed E-state index contributed by atoms with van der Waals surface area (Å²) in [5.74, 6) is 0.476. The molecule has 0 radical (unpaired) electrons. The predicted molar refractivity (Wildman–Crippen MR) is 72.2 cm³/mol. The predicted octanol–water partition coefficient (Wildman–Crippen LogP) is 2.74. The van der Waals surface area contributed by atoms with E-state index in [1.807, 2.05) is 18.2 Å². The maximum absolute atomic E-state index is 12.2. The lowest BCUT2D eigenvalue weighted by atomic mass is 9.99. The normalized spacial score (nSPS) is 27.5. The Morgan fingerprint density at radius 2 is 1.95 bits per heavy atom. The quantitative estimate of drug-likeness (QED) is 0.901. The molecule has 1 aromatic carbocycles. The fourth-order valence-electron chi connectivity index (χ4n) is 3.13. The van der Waals surface area contributed by atoms with Crippen LogP contribution in [0.25, 0.3) is 0 Å². The van der Waals surface area contributed by atoms with Crippen LogP contribution >= 0.6 is 0 Å². The highest BCUT2D eigenvalue weighted by Gasteiger charge is 2.46. The van der Waals surface area contributed by atoms with Gasteiger partial charge in [-0.3, -0.25) is 4.79 Å². The average Bonchev–Trinajstić information content (AvgIpc) is 3.13. The number of nitrogens with one attached hydrogen (secondary N) is 1. The Labute approximate surface area is 113 Å². The molecule has 1 N–H and O–H groups in total. The number of carbonyl (C=O) groups excluding carboxylic acids is 1. The van der Waals surface area contributed by atoms with Gasteiger partial charge >= 0.3 is 0 Å². The number of hydrogen-bond donors (Lipinski definition) is 1. The number of amides is 1. The Kier molecular flexibility index (Phi) is 3.02. The molecule has 0 spiro atoms. The summed E-state index contributed by atoms with van der Waals surface area (Å²) in [5, 5.41) is 12.3. The third kappa shape index (κ3) is 2.35. The minimum Gasteiger partial charge on any atom is -0.338 e. The highest BCUT2D eigenvalue weighted by atomic mass is 16.2. The van der Waals surface area contributed by atoms with Crippen molar-refractivity contribution in [3.05, 3.63) is 35.9 Å². The molecule has 2 saturated carbocycles. The summed E-state index contributed by atoms with van der Waals surface area (Å²) in [6, 6.07) is 12.5. The van der Waals surface area contributed by atoms with Crippen LogP contribution in [0.15, 0.2) is 30.3 Å². The molecule has 0 aliphatic heterocycles. The van der Waals surface area contributed by atoms with E-state index in [4.69, 9.17) is 0 Å². The number of hydrogen-bond acceptors (Lipinski definition) is 2. The molecule has 3 heteroatoms. The lowest BCUT2D eigenvalue weighted by molar-refractivity contribution is -0.123. The van der Waals surface area contributed by atoms with Crippen molar-refractivity contribution in [2.45, 2.75) is 43.6 Å². The number of benzene rings is 1.